The van der Waals surface area contributed by atoms with Crippen LogP contribution in [-0.4, -0.2) is 17.5 Å². The summed E-state index contributed by atoms with van der Waals surface area (Å²) in [6, 6.07) is 0. The Balaban J connectivity index is 1.56. The van der Waals surface area contributed by atoms with E-state index in [2.05, 4.69) is 48.1 Å². The fourth-order valence-electron chi connectivity index (χ4n) is 11.4. The van der Waals surface area contributed by atoms with E-state index in [-0.39, 0.29) is 16.9 Å². The van der Waals surface area contributed by atoms with Crippen LogP contribution in [0, 0.1) is 56.7 Å². The van der Waals surface area contributed by atoms with Crippen LogP contribution in [0.5, 0.6) is 0 Å². The summed E-state index contributed by atoms with van der Waals surface area (Å²) in [5.41, 5.74) is 2.20. The quantitative estimate of drug-likeness (QED) is 0.364. The molecule has 5 aliphatic carbocycles. The molecule has 0 bridgehead atoms. The normalized spacial score (nSPS) is 56.3. The van der Waals surface area contributed by atoms with Crippen molar-refractivity contribution < 1.29 is 9.90 Å². The Morgan fingerprint density at radius 1 is 0.844 bits per heavy atom. The largest absolute Gasteiger partial charge is 0.393 e. The van der Waals surface area contributed by atoms with E-state index in [1.807, 2.05) is 0 Å². The highest BCUT2D eigenvalue weighted by atomic mass is 16.3. The predicted molar refractivity (Wildman–Crippen MR) is 131 cm³/mol. The highest BCUT2D eigenvalue weighted by molar-refractivity contribution is 5.62. The maximum Gasteiger partial charge on any atom is 0.126 e. The molecule has 0 aromatic heterocycles. The summed E-state index contributed by atoms with van der Waals surface area (Å²) in [5, 5.41) is 10.9. The van der Waals surface area contributed by atoms with Gasteiger partial charge < -0.3 is 9.90 Å². The first-order valence-corrected chi connectivity index (χ1v) is 13.7. The number of hydrogen-bond acceptors (Lipinski definition) is 2. The summed E-state index contributed by atoms with van der Waals surface area (Å²) in [7, 11) is 0. The molecule has 0 amide bonds. The van der Waals surface area contributed by atoms with Crippen molar-refractivity contribution in [2.75, 3.05) is 0 Å². The lowest BCUT2D eigenvalue weighted by molar-refractivity contribution is -0.245. The molecule has 0 radical (unpaired) electrons. The molecule has 0 saturated heterocycles. The van der Waals surface area contributed by atoms with Crippen LogP contribution in [0.2, 0.25) is 0 Å². The third-order valence-corrected chi connectivity index (χ3v) is 13.3. The molecule has 2 unspecified atom stereocenters. The smallest absolute Gasteiger partial charge is 0.126 e. The van der Waals surface area contributed by atoms with Gasteiger partial charge in [0.15, 0.2) is 0 Å². The first-order chi connectivity index (χ1) is 14.9. The van der Waals surface area contributed by atoms with Gasteiger partial charge in [0.1, 0.15) is 6.29 Å². The van der Waals surface area contributed by atoms with Gasteiger partial charge in [-0.05, 0) is 122 Å². The van der Waals surface area contributed by atoms with E-state index in [0.717, 1.165) is 31.6 Å². The molecule has 5 aliphatic rings. The second kappa shape index (κ2) is 6.96. The van der Waals surface area contributed by atoms with Crippen molar-refractivity contribution in [1.82, 2.24) is 0 Å². The van der Waals surface area contributed by atoms with Crippen molar-refractivity contribution in [3.8, 4) is 0 Å². The minimum atomic E-state index is -0.158. The van der Waals surface area contributed by atoms with Crippen molar-refractivity contribution in [2.24, 2.45) is 56.7 Å². The van der Waals surface area contributed by atoms with Gasteiger partial charge in [0.2, 0.25) is 0 Å². The van der Waals surface area contributed by atoms with E-state index in [1.54, 1.807) is 0 Å². The lowest BCUT2D eigenvalue weighted by Gasteiger charge is -2.72. The van der Waals surface area contributed by atoms with Crippen LogP contribution in [0.1, 0.15) is 106 Å². The Morgan fingerprint density at radius 2 is 1.56 bits per heavy atom. The molecule has 0 aromatic carbocycles. The standard InChI is InChI=1S/C30H48O2/c1-19(2)20-10-15-30(18-31)17-16-28(6)21(25(20)30)8-9-23-27(5)13-12-24(32)26(3,4)22(27)11-14-29(23,28)7/h18,20-25,32H,1,8-17H2,2-7H3/t20-,21+,22-,23?,24-,25?,27-,28+,29+,30+/m0/s1. The fourth-order valence-corrected chi connectivity index (χ4v) is 11.4. The maximum atomic E-state index is 12.6. The molecular weight excluding hydrogens is 392 g/mol. The zero-order chi connectivity index (χ0) is 23.3. The summed E-state index contributed by atoms with van der Waals surface area (Å²) in [4.78, 5) is 12.6. The number of aldehydes is 1. The molecule has 0 aromatic rings. The highest BCUT2D eigenvalue weighted by Gasteiger charge is 2.70. The van der Waals surface area contributed by atoms with Crippen molar-refractivity contribution >= 4 is 6.29 Å². The van der Waals surface area contributed by atoms with Crippen LogP contribution < -0.4 is 0 Å². The summed E-state index contributed by atoms with van der Waals surface area (Å²) in [6.07, 6.45) is 13.1. The number of carbonyl (C=O) groups is 1. The molecule has 10 atom stereocenters. The third kappa shape index (κ3) is 2.60. The molecule has 5 saturated carbocycles. The van der Waals surface area contributed by atoms with Crippen molar-refractivity contribution in [1.29, 1.82) is 0 Å². The fraction of sp³-hybridized carbons (Fsp3) is 0.900. The molecule has 32 heavy (non-hydrogen) atoms. The van der Waals surface area contributed by atoms with Gasteiger partial charge in [-0.15, -0.1) is 0 Å². The third-order valence-electron chi connectivity index (χ3n) is 13.3. The van der Waals surface area contributed by atoms with Crippen molar-refractivity contribution in [3.63, 3.8) is 0 Å². The SMILES string of the molecule is C=C(C)[C@@H]1CC[C@]2(C=O)CC[C@]3(C)[C@H](CCC4[C@@]5(C)CC[C@H](O)C(C)(C)[C@@H]5CC[C@]43C)C12. The Morgan fingerprint density at radius 3 is 2.22 bits per heavy atom. The lowest BCUT2D eigenvalue weighted by atomic mass is 9.32. The monoisotopic (exact) mass is 440 g/mol. The van der Waals surface area contributed by atoms with Crippen LogP contribution in [-0.2, 0) is 4.79 Å². The maximum absolute atomic E-state index is 12.6. The topological polar surface area (TPSA) is 37.3 Å². The summed E-state index contributed by atoms with van der Waals surface area (Å²) in [5.74, 6) is 3.03. The van der Waals surface area contributed by atoms with Crippen LogP contribution in [0.15, 0.2) is 12.2 Å². The number of carbonyl (C=O) groups excluding carboxylic acids is 1. The Kier molecular flexibility index (Phi) is 5.03. The van der Waals surface area contributed by atoms with E-state index in [0.29, 0.717) is 39.9 Å². The summed E-state index contributed by atoms with van der Waals surface area (Å²) < 4.78 is 0. The summed E-state index contributed by atoms with van der Waals surface area (Å²) >= 11 is 0. The minimum Gasteiger partial charge on any atom is -0.393 e. The second-order valence-corrected chi connectivity index (χ2v) is 14.4. The molecule has 0 heterocycles. The van der Waals surface area contributed by atoms with Gasteiger partial charge in [-0.2, -0.15) is 0 Å². The van der Waals surface area contributed by atoms with E-state index < -0.39 is 0 Å². The molecular formula is C30H48O2. The Labute approximate surface area is 197 Å². The van der Waals surface area contributed by atoms with Crippen LogP contribution in [0.3, 0.4) is 0 Å². The number of allylic oxidation sites excluding steroid dienone is 1. The Bertz CT molecular complexity index is 814. The van der Waals surface area contributed by atoms with E-state index in [4.69, 9.17) is 0 Å². The first-order valence-electron chi connectivity index (χ1n) is 13.7. The molecule has 0 spiro atoms. The van der Waals surface area contributed by atoms with Crippen molar-refractivity contribution in [2.45, 2.75) is 112 Å². The minimum absolute atomic E-state index is 0.0157. The van der Waals surface area contributed by atoms with Crippen LogP contribution >= 0.6 is 0 Å². The number of rotatable bonds is 2. The number of hydrogen-bond donors (Lipinski definition) is 1. The Hall–Kier alpha value is -0.630. The van der Waals surface area contributed by atoms with E-state index in [9.17, 15) is 9.90 Å². The molecule has 5 fully saturated rings. The van der Waals surface area contributed by atoms with Crippen LogP contribution in [0.4, 0.5) is 0 Å². The zero-order valence-electron chi connectivity index (χ0n) is 21.7. The van der Waals surface area contributed by atoms with Gasteiger partial charge in [0.25, 0.3) is 0 Å². The molecule has 2 heteroatoms. The average Bonchev–Trinajstić information content (AvgIpc) is 3.12. The molecule has 1 N–H and O–H groups in total. The predicted octanol–water partition coefficient (Wildman–Crippen LogP) is 7.20. The highest BCUT2D eigenvalue weighted by Crippen LogP contribution is 2.77. The number of aliphatic hydroxyl groups is 1. The van der Waals surface area contributed by atoms with E-state index >= 15 is 0 Å². The molecule has 2 nitrogen and oxygen atoms in total. The van der Waals surface area contributed by atoms with Gasteiger partial charge in [0, 0.05) is 5.41 Å². The van der Waals surface area contributed by atoms with Gasteiger partial charge in [0.05, 0.1) is 6.10 Å². The second-order valence-electron chi connectivity index (χ2n) is 14.4. The zero-order valence-corrected chi connectivity index (χ0v) is 21.7. The van der Waals surface area contributed by atoms with Gasteiger partial charge in [-0.1, -0.05) is 46.8 Å². The molecule has 5 rings (SSSR count). The van der Waals surface area contributed by atoms with Crippen molar-refractivity contribution in [3.05, 3.63) is 12.2 Å². The number of fused-ring (bicyclic) bond motifs is 7. The lowest BCUT2D eigenvalue weighted by Crippen LogP contribution is -2.66. The van der Waals surface area contributed by atoms with Crippen LogP contribution in [0.25, 0.3) is 0 Å². The van der Waals surface area contributed by atoms with Gasteiger partial charge in [-0.3, -0.25) is 0 Å². The number of aliphatic hydroxyl groups excluding tert-OH is 1. The van der Waals surface area contributed by atoms with Gasteiger partial charge >= 0.3 is 0 Å². The van der Waals surface area contributed by atoms with Gasteiger partial charge in [-0.25, -0.2) is 0 Å². The first kappa shape index (κ1) is 23.1. The van der Waals surface area contributed by atoms with E-state index in [1.165, 1.54) is 50.4 Å². The summed E-state index contributed by atoms with van der Waals surface area (Å²) in [6.45, 7) is 19.2. The molecule has 180 valence electrons. The average molecular weight is 441 g/mol. The molecule has 0 aliphatic heterocycles.